The SMILES string of the molecule is CCOC(=O)/C(=C\c1ccc(F)cc1)CON=C1CCCCC1. The summed E-state index contributed by atoms with van der Waals surface area (Å²) in [5.41, 5.74) is 2.11. The molecule has 1 saturated carbocycles. The third-order valence-corrected chi connectivity index (χ3v) is 3.59. The molecule has 23 heavy (non-hydrogen) atoms. The van der Waals surface area contributed by atoms with Gasteiger partial charge in [-0.3, -0.25) is 0 Å². The minimum Gasteiger partial charge on any atom is -0.463 e. The number of oxime groups is 1. The summed E-state index contributed by atoms with van der Waals surface area (Å²) in [6, 6.07) is 5.89. The van der Waals surface area contributed by atoms with Crippen molar-refractivity contribution in [2.75, 3.05) is 13.2 Å². The van der Waals surface area contributed by atoms with Gasteiger partial charge in [-0.2, -0.15) is 0 Å². The van der Waals surface area contributed by atoms with Crippen LogP contribution in [0.2, 0.25) is 0 Å². The first-order chi connectivity index (χ1) is 11.2. The fourth-order valence-electron chi connectivity index (χ4n) is 2.39. The van der Waals surface area contributed by atoms with E-state index in [2.05, 4.69) is 5.16 Å². The molecule has 0 radical (unpaired) electrons. The highest BCUT2D eigenvalue weighted by Crippen LogP contribution is 2.15. The first-order valence-electron chi connectivity index (χ1n) is 8.00. The Labute approximate surface area is 136 Å². The molecule has 0 aliphatic heterocycles. The number of hydrogen-bond acceptors (Lipinski definition) is 4. The number of ether oxygens (including phenoxy) is 1. The van der Waals surface area contributed by atoms with Crippen molar-refractivity contribution in [3.05, 3.63) is 41.2 Å². The lowest BCUT2D eigenvalue weighted by molar-refractivity contribution is -0.139. The molecule has 0 heterocycles. The van der Waals surface area contributed by atoms with Crippen LogP contribution in [0, 0.1) is 5.82 Å². The summed E-state index contributed by atoms with van der Waals surface area (Å²) < 4.78 is 18.0. The van der Waals surface area contributed by atoms with Crippen molar-refractivity contribution >= 4 is 17.8 Å². The zero-order chi connectivity index (χ0) is 16.5. The molecule has 1 aliphatic rings. The molecule has 0 aromatic heterocycles. The largest absolute Gasteiger partial charge is 0.463 e. The second-order valence-electron chi connectivity index (χ2n) is 5.43. The van der Waals surface area contributed by atoms with Gasteiger partial charge in [0.25, 0.3) is 0 Å². The first kappa shape index (κ1) is 17.2. The van der Waals surface area contributed by atoms with Crippen LogP contribution in [0.3, 0.4) is 0 Å². The van der Waals surface area contributed by atoms with Gasteiger partial charge in [-0.05, 0) is 56.4 Å². The topological polar surface area (TPSA) is 47.9 Å². The molecule has 1 fully saturated rings. The maximum Gasteiger partial charge on any atom is 0.337 e. The van der Waals surface area contributed by atoms with Crippen LogP contribution < -0.4 is 0 Å². The second kappa shape index (κ2) is 9.08. The van der Waals surface area contributed by atoms with Crippen LogP contribution in [-0.4, -0.2) is 24.9 Å². The third kappa shape index (κ3) is 5.85. The van der Waals surface area contributed by atoms with Gasteiger partial charge in [0, 0.05) is 0 Å². The van der Waals surface area contributed by atoms with Crippen LogP contribution in [0.4, 0.5) is 4.39 Å². The number of benzene rings is 1. The van der Waals surface area contributed by atoms with E-state index >= 15 is 0 Å². The number of halogens is 1. The summed E-state index contributed by atoms with van der Waals surface area (Å²) in [4.78, 5) is 17.3. The minimum absolute atomic E-state index is 0.0414. The number of hydrogen-bond donors (Lipinski definition) is 0. The van der Waals surface area contributed by atoms with Crippen molar-refractivity contribution in [1.29, 1.82) is 0 Å². The van der Waals surface area contributed by atoms with E-state index in [-0.39, 0.29) is 19.0 Å². The average Bonchev–Trinajstić information content (AvgIpc) is 2.57. The van der Waals surface area contributed by atoms with Crippen molar-refractivity contribution < 1.29 is 18.8 Å². The smallest absolute Gasteiger partial charge is 0.337 e. The molecule has 5 heteroatoms. The Morgan fingerprint density at radius 1 is 1.22 bits per heavy atom. The zero-order valence-electron chi connectivity index (χ0n) is 13.4. The van der Waals surface area contributed by atoms with E-state index < -0.39 is 5.97 Å². The number of esters is 1. The molecule has 0 saturated heterocycles. The highest BCUT2D eigenvalue weighted by atomic mass is 19.1. The minimum atomic E-state index is -0.444. The molecule has 0 N–H and O–H groups in total. The molecule has 1 aromatic carbocycles. The Kier molecular flexibility index (Phi) is 6.78. The summed E-state index contributed by atoms with van der Waals surface area (Å²) in [7, 11) is 0. The summed E-state index contributed by atoms with van der Waals surface area (Å²) in [6.07, 6.45) is 7.06. The molecule has 0 amide bonds. The van der Waals surface area contributed by atoms with E-state index in [0.717, 1.165) is 31.4 Å². The van der Waals surface area contributed by atoms with Crippen LogP contribution in [0.15, 0.2) is 35.0 Å². The predicted molar refractivity (Wildman–Crippen MR) is 87.5 cm³/mol. The number of carbonyl (C=O) groups is 1. The fraction of sp³-hybridized carbons (Fsp3) is 0.444. The highest BCUT2D eigenvalue weighted by Gasteiger charge is 2.13. The van der Waals surface area contributed by atoms with Gasteiger partial charge < -0.3 is 9.57 Å². The van der Waals surface area contributed by atoms with Crippen LogP contribution in [0.25, 0.3) is 6.08 Å². The molecule has 124 valence electrons. The van der Waals surface area contributed by atoms with Crippen molar-refractivity contribution in [2.45, 2.75) is 39.0 Å². The van der Waals surface area contributed by atoms with Crippen LogP contribution >= 0.6 is 0 Å². The average molecular weight is 319 g/mol. The monoisotopic (exact) mass is 319 g/mol. The van der Waals surface area contributed by atoms with Gasteiger partial charge in [-0.25, -0.2) is 9.18 Å². The zero-order valence-corrected chi connectivity index (χ0v) is 13.4. The lowest BCUT2D eigenvalue weighted by Gasteiger charge is -2.12. The van der Waals surface area contributed by atoms with E-state index in [1.165, 1.54) is 18.6 Å². The van der Waals surface area contributed by atoms with E-state index in [9.17, 15) is 9.18 Å². The molecular formula is C18H22FNO3. The molecule has 4 nitrogen and oxygen atoms in total. The van der Waals surface area contributed by atoms with E-state index in [1.807, 2.05) is 0 Å². The molecule has 1 aliphatic carbocycles. The summed E-state index contributed by atoms with van der Waals surface area (Å²) >= 11 is 0. The van der Waals surface area contributed by atoms with Gasteiger partial charge in [-0.1, -0.05) is 23.7 Å². The molecule has 0 spiro atoms. The first-order valence-corrected chi connectivity index (χ1v) is 8.00. The Hall–Kier alpha value is -2.17. The van der Waals surface area contributed by atoms with Gasteiger partial charge in [0.2, 0.25) is 0 Å². The van der Waals surface area contributed by atoms with Crippen LogP contribution in [0.5, 0.6) is 0 Å². The normalized spacial score (nSPS) is 15.2. The van der Waals surface area contributed by atoms with Gasteiger partial charge in [0.1, 0.15) is 12.4 Å². The number of nitrogens with zero attached hydrogens (tertiary/aromatic N) is 1. The number of carbonyl (C=O) groups excluding carboxylic acids is 1. The van der Waals surface area contributed by atoms with Gasteiger partial charge in [0.15, 0.2) is 0 Å². The lowest BCUT2D eigenvalue weighted by atomic mass is 9.99. The third-order valence-electron chi connectivity index (χ3n) is 3.59. The molecule has 1 aromatic rings. The second-order valence-corrected chi connectivity index (χ2v) is 5.43. The summed E-state index contributed by atoms with van der Waals surface area (Å²) in [5.74, 6) is -0.763. The molecule has 0 bridgehead atoms. The van der Waals surface area contributed by atoms with E-state index in [4.69, 9.17) is 9.57 Å². The molecular weight excluding hydrogens is 297 g/mol. The Bertz CT molecular complexity index is 570. The van der Waals surface area contributed by atoms with Crippen LogP contribution in [0.1, 0.15) is 44.6 Å². The quantitative estimate of drug-likeness (QED) is 0.450. The molecule has 2 rings (SSSR count). The van der Waals surface area contributed by atoms with Crippen molar-refractivity contribution in [1.82, 2.24) is 0 Å². The van der Waals surface area contributed by atoms with Crippen molar-refractivity contribution in [3.63, 3.8) is 0 Å². The van der Waals surface area contributed by atoms with Gasteiger partial charge >= 0.3 is 5.97 Å². The van der Waals surface area contributed by atoms with Gasteiger partial charge in [0.05, 0.1) is 17.9 Å². The van der Waals surface area contributed by atoms with Gasteiger partial charge in [-0.15, -0.1) is 0 Å². The summed E-state index contributed by atoms with van der Waals surface area (Å²) in [6.45, 7) is 2.07. The molecule has 0 unspecified atom stereocenters. The fourth-order valence-corrected chi connectivity index (χ4v) is 2.39. The molecule has 0 atom stereocenters. The van der Waals surface area contributed by atoms with E-state index in [0.29, 0.717) is 11.1 Å². The lowest BCUT2D eigenvalue weighted by Crippen LogP contribution is -2.12. The van der Waals surface area contributed by atoms with Crippen molar-refractivity contribution in [2.24, 2.45) is 5.16 Å². The maximum absolute atomic E-state index is 13.0. The van der Waals surface area contributed by atoms with Crippen LogP contribution in [-0.2, 0) is 14.4 Å². The predicted octanol–water partition coefficient (Wildman–Crippen LogP) is 4.11. The highest BCUT2D eigenvalue weighted by molar-refractivity contribution is 5.94. The number of rotatable bonds is 6. The van der Waals surface area contributed by atoms with Crippen molar-refractivity contribution in [3.8, 4) is 0 Å². The standard InChI is InChI=1S/C18H22FNO3/c1-2-22-18(21)15(12-14-8-10-16(19)11-9-14)13-23-20-17-6-4-3-5-7-17/h8-12H,2-7,13H2,1H3/b15-12-. The Balaban J connectivity index is 2.04. The Morgan fingerprint density at radius 3 is 2.57 bits per heavy atom. The summed E-state index contributed by atoms with van der Waals surface area (Å²) in [5, 5.41) is 4.13. The van der Waals surface area contributed by atoms with E-state index in [1.54, 1.807) is 25.1 Å². The Morgan fingerprint density at radius 2 is 1.91 bits per heavy atom. The maximum atomic E-state index is 13.0.